The van der Waals surface area contributed by atoms with E-state index in [0.29, 0.717) is 30.3 Å². The summed E-state index contributed by atoms with van der Waals surface area (Å²) in [5, 5.41) is 5.75. The smallest absolute Gasteiger partial charge is 0.233 e. The van der Waals surface area contributed by atoms with Gasteiger partial charge in [0.05, 0.1) is 12.2 Å². The maximum Gasteiger partial charge on any atom is 0.233 e. The normalized spacial score (nSPS) is 15.1. The van der Waals surface area contributed by atoms with Gasteiger partial charge in [-0.3, -0.25) is 9.59 Å². The second kappa shape index (κ2) is 11.5. The van der Waals surface area contributed by atoms with Gasteiger partial charge < -0.3 is 30.7 Å². The highest BCUT2D eigenvalue weighted by Gasteiger charge is 2.26. The van der Waals surface area contributed by atoms with Gasteiger partial charge in [0, 0.05) is 54.6 Å². The lowest BCUT2D eigenvalue weighted by atomic mass is 10.1. The fourth-order valence-corrected chi connectivity index (χ4v) is 3.87. The van der Waals surface area contributed by atoms with E-state index in [1.54, 1.807) is 36.3 Å². The molecule has 0 bridgehead atoms. The number of nitrogens with two attached hydrogens (primary N) is 1. The van der Waals surface area contributed by atoms with Crippen LogP contribution in [-0.4, -0.2) is 49.6 Å². The first-order valence-corrected chi connectivity index (χ1v) is 11.1. The van der Waals surface area contributed by atoms with Gasteiger partial charge in [0.2, 0.25) is 11.8 Å². The largest absolute Gasteiger partial charge is 0.491 e. The Morgan fingerprint density at radius 2 is 1.85 bits per heavy atom. The monoisotopic (exact) mass is 470 g/mol. The van der Waals surface area contributed by atoms with Gasteiger partial charge in [-0.2, -0.15) is 0 Å². The minimum atomic E-state index is -0.564. The number of rotatable bonds is 10. The molecule has 1 fully saturated rings. The molecule has 1 aliphatic heterocycles. The lowest BCUT2D eigenvalue weighted by Crippen LogP contribution is -2.35. The highest BCUT2D eigenvalue weighted by Crippen LogP contribution is 2.30. The molecule has 3 rings (SSSR count). The molecule has 0 saturated carbocycles. The number of methoxy groups -OCH3 is 1. The number of benzene rings is 2. The van der Waals surface area contributed by atoms with Crippen LogP contribution in [0.15, 0.2) is 43.0 Å². The van der Waals surface area contributed by atoms with Crippen LogP contribution in [0.25, 0.3) is 5.70 Å². The average molecular weight is 471 g/mol. The Labute approximate surface area is 198 Å². The van der Waals surface area contributed by atoms with Crippen LogP contribution >= 0.6 is 0 Å². The third-order valence-corrected chi connectivity index (χ3v) is 5.60. The van der Waals surface area contributed by atoms with E-state index in [2.05, 4.69) is 17.2 Å². The van der Waals surface area contributed by atoms with E-state index in [1.165, 1.54) is 12.1 Å². The van der Waals surface area contributed by atoms with Gasteiger partial charge in [-0.25, -0.2) is 4.39 Å². The Balaban J connectivity index is 1.56. The molecule has 1 heterocycles. The Bertz CT molecular complexity index is 1020. The van der Waals surface area contributed by atoms with Gasteiger partial charge in [0.1, 0.15) is 24.6 Å². The molecule has 9 heteroatoms. The zero-order valence-electron chi connectivity index (χ0n) is 19.5. The van der Waals surface area contributed by atoms with Crippen molar-refractivity contribution in [2.75, 3.05) is 43.2 Å². The van der Waals surface area contributed by atoms with E-state index >= 15 is 0 Å². The highest BCUT2D eigenvalue weighted by atomic mass is 19.1. The van der Waals surface area contributed by atoms with Gasteiger partial charge >= 0.3 is 0 Å². The number of halogens is 1. The summed E-state index contributed by atoms with van der Waals surface area (Å²) in [6.07, 6.45) is 1.75. The van der Waals surface area contributed by atoms with Gasteiger partial charge in [0.25, 0.3) is 0 Å². The Morgan fingerprint density at radius 3 is 2.44 bits per heavy atom. The van der Waals surface area contributed by atoms with Crippen LogP contribution in [0.3, 0.4) is 0 Å². The molecule has 0 radical (unpaired) electrons. The molecule has 1 saturated heterocycles. The van der Waals surface area contributed by atoms with E-state index in [9.17, 15) is 14.0 Å². The molecule has 0 aliphatic carbocycles. The number of nitrogen functional groups attached to an aromatic ring is 1. The van der Waals surface area contributed by atoms with Crippen LogP contribution in [0.1, 0.15) is 31.7 Å². The van der Waals surface area contributed by atoms with E-state index in [-0.39, 0.29) is 47.8 Å². The Kier molecular flexibility index (Phi) is 8.48. The van der Waals surface area contributed by atoms with Crippen molar-refractivity contribution in [3.63, 3.8) is 0 Å². The fourth-order valence-electron chi connectivity index (χ4n) is 3.87. The fraction of sp³-hybridized carbons (Fsp3) is 0.360. The predicted molar refractivity (Wildman–Crippen MR) is 131 cm³/mol. The maximum absolute atomic E-state index is 14.7. The maximum atomic E-state index is 14.7. The van der Waals surface area contributed by atoms with Crippen molar-refractivity contribution in [2.45, 2.75) is 32.2 Å². The van der Waals surface area contributed by atoms with Crippen LogP contribution in [0.4, 0.5) is 21.5 Å². The van der Waals surface area contributed by atoms with Crippen molar-refractivity contribution < 1.29 is 23.5 Å². The van der Waals surface area contributed by atoms with Crippen molar-refractivity contribution in [2.24, 2.45) is 0 Å². The molecule has 1 atom stereocenters. The molecule has 182 valence electrons. The summed E-state index contributed by atoms with van der Waals surface area (Å²) in [5.41, 5.74) is 7.81. The van der Waals surface area contributed by atoms with E-state index in [0.717, 1.165) is 12.8 Å². The highest BCUT2D eigenvalue weighted by molar-refractivity contribution is 6.03. The third-order valence-electron chi connectivity index (χ3n) is 5.60. The third kappa shape index (κ3) is 6.48. The molecular formula is C25H31FN4O4. The Hall–Kier alpha value is -3.59. The number of likely N-dealkylation sites (tertiary alicyclic amines) is 1. The average Bonchev–Trinajstić information content (AvgIpc) is 3.21. The number of hydrogen-bond acceptors (Lipinski definition) is 6. The number of anilines is 3. The summed E-state index contributed by atoms with van der Waals surface area (Å²) in [4.78, 5) is 26.3. The Morgan fingerprint density at radius 1 is 1.18 bits per heavy atom. The van der Waals surface area contributed by atoms with Crippen molar-refractivity contribution in [1.29, 1.82) is 0 Å². The van der Waals surface area contributed by atoms with E-state index < -0.39 is 5.82 Å². The molecule has 0 spiro atoms. The van der Waals surface area contributed by atoms with E-state index in [4.69, 9.17) is 15.2 Å². The summed E-state index contributed by atoms with van der Waals surface area (Å²) in [7, 11) is 1.55. The second-order valence-corrected chi connectivity index (χ2v) is 8.19. The molecule has 2 amide bonds. The van der Waals surface area contributed by atoms with Crippen molar-refractivity contribution in [3.8, 4) is 5.75 Å². The van der Waals surface area contributed by atoms with Crippen LogP contribution < -0.4 is 21.1 Å². The molecule has 0 aromatic heterocycles. The molecule has 1 aliphatic rings. The molecule has 34 heavy (non-hydrogen) atoms. The second-order valence-electron chi connectivity index (χ2n) is 8.19. The van der Waals surface area contributed by atoms with Crippen molar-refractivity contribution in [3.05, 3.63) is 54.4 Å². The summed E-state index contributed by atoms with van der Waals surface area (Å²) in [6, 6.07) is 9.74. The lowest BCUT2D eigenvalue weighted by Gasteiger charge is -2.21. The first-order valence-electron chi connectivity index (χ1n) is 11.1. The molecule has 2 aromatic carbocycles. The van der Waals surface area contributed by atoms with Gasteiger partial charge in [-0.1, -0.05) is 6.58 Å². The number of nitrogens with zero attached hydrogens (tertiary/aromatic N) is 1. The van der Waals surface area contributed by atoms with E-state index in [1.807, 2.05) is 6.92 Å². The lowest BCUT2D eigenvalue weighted by molar-refractivity contribution is -0.135. The number of ether oxygens (including phenoxy) is 2. The topological polar surface area (TPSA) is 106 Å². The van der Waals surface area contributed by atoms with Crippen LogP contribution in [-0.2, 0) is 14.3 Å². The van der Waals surface area contributed by atoms with Crippen molar-refractivity contribution in [1.82, 2.24) is 4.90 Å². The first-order chi connectivity index (χ1) is 16.3. The molecule has 4 N–H and O–H groups in total. The molecular weight excluding hydrogens is 439 g/mol. The van der Waals surface area contributed by atoms with Gasteiger partial charge in [-0.15, -0.1) is 0 Å². The molecule has 2 aromatic rings. The molecule has 8 nitrogen and oxygen atoms in total. The molecule has 0 unspecified atom stereocenters. The SMILES string of the molecule is C=C(Nc1ccc(NC(=O)CC(=O)N2CCC[C@@H]2C)cc1)c1c(N)cc(OCCOC)cc1F. The summed E-state index contributed by atoms with van der Waals surface area (Å²) in [5.74, 6) is -0.782. The summed E-state index contributed by atoms with van der Waals surface area (Å²) in [6.45, 7) is 7.24. The number of carbonyl (C=O) groups excluding carboxylic acids is 2. The zero-order chi connectivity index (χ0) is 24.7. The quantitative estimate of drug-likeness (QED) is 0.277. The minimum absolute atomic E-state index is 0.145. The van der Waals surface area contributed by atoms with Crippen LogP contribution in [0.5, 0.6) is 5.75 Å². The van der Waals surface area contributed by atoms with Crippen LogP contribution in [0.2, 0.25) is 0 Å². The minimum Gasteiger partial charge on any atom is -0.491 e. The number of nitrogens with one attached hydrogen (secondary N) is 2. The van der Waals surface area contributed by atoms with Gasteiger partial charge in [0.15, 0.2) is 0 Å². The standard InChI is InChI=1S/C25H31FN4O4/c1-16-5-4-10-30(16)24(32)15-23(31)29-19-8-6-18(7-9-19)28-17(2)25-21(26)13-20(14-22(25)27)34-12-11-33-3/h6-9,13-14,16,28H,2,4-5,10-12,15,27H2,1,3H3,(H,29,31)/t16-/m0/s1. The summed E-state index contributed by atoms with van der Waals surface area (Å²) >= 11 is 0. The number of carbonyl (C=O) groups is 2. The zero-order valence-corrected chi connectivity index (χ0v) is 19.5. The summed E-state index contributed by atoms with van der Waals surface area (Å²) < 4.78 is 25.0. The predicted octanol–water partition coefficient (Wildman–Crippen LogP) is 3.86. The first kappa shape index (κ1) is 25.0. The van der Waals surface area contributed by atoms with Crippen molar-refractivity contribution >= 4 is 34.6 Å². The number of amides is 2. The van der Waals surface area contributed by atoms with Gasteiger partial charge in [-0.05, 0) is 44.0 Å². The van der Waals surface area contributed by atoms with Crippen LogP contribution in [0, 0.1) is 5.82 Å². The number of hydrogen-bond donors (Lipinski definition) is 3.